The highest BCUT2D eigenvalue weighted by molar-refractivity contribution is 5.63. The molecule has 7 heteroatoms. The van der Waals surface area contributed by atoms with Crippen molar-refractivity contribution in [1.29, 1.82) is 0 Å². The number of nitrogens with one attached hydrogen (secondary N) is 1. The molecule has 0 saturated carbocycles. The van der Waals surface area contributed by atoms with Gasteiger partial charge in [-0.05, 0) is 12.1 Å². The molecule has 0 saturated heterocycles. The molecule has 2 aromatic carbocycles. The van der Waals surface area contributed by atoms with Crippen LogP contribution in [0, 0.1) is 0 Å². The summed E-state index contributed by atoms with van der Waals surface area (Å²) >= 11 is 0. The average molecular weight is 394 g/mol. The molecule has 0 aliphatic carbocycles. The lowest BCUT2D eigenvalue weighted by molar-refractivity contribution is -0.882. The van der Waals surface area contributed by atoms with Crippen LogP contribution in [0.4, 0.5) is 5.82 Å². The molecule has 2 heterocycles. The van der Waals surface area contributed by atoms with Gasteiger partial charge in [0, 0.05) is 17.2 Å². The van der Waals surface area contributed by atoms with E-state index < -0.39 is 0 Å². The maximum absolute atomic E-state index is 9.96. The number of fused-ring (bicyclic) bond motifs is 2. The molecule has 4 N–H and O–H groups in total. The molecule has 0 unspecified atom stereocenters. The van der Waals surface area contributed by atoms with Gasteiger partial charge in [0.25, 0.3) is 0 Å². The van der Waals surface area contributed by atoms with Crippen LogP contribution in [0.25, 0.3) is 0 Å². The second-order valence-corrected chi connectivity index (χ2v) is 7.50. The Balaban J connectivity index is 1.93. The third-order valence-electron chi connectivity index (χ3n) is 5.24. The first kappa shape index (κ1) is 19.0. The van der Waals surface area contributed by atoms with Crippen LogP contribution in [0.1, 0.15) is 22.6 Å². The first-order valence-corrected chi connectivity index (χ1v) is 9.60. The van der Waals surface area contributed by atoms with Crippen molar-refractivity contribution in [3.05, 3.63) is 65.5 Å². The van der Waals surface area contributed by atoms with E-state index in [0.29, 0.717) is 17.4 Å². The van der Waals surface area contributed by atoms with Crippen molar-refractivity contribution in [2.24, 2.45) is 0 Å². The Labute approximate surface area is 169 Å². The number of phenolic OH excluding ortho intramolecular Hbond substituents is 1. The van der Waals surface area contributed by atoms with Gasteiger partial charge in [-0.15, -0.1) is 0 Å². The second kappa shape index (κ2) is 7.60. The standard InChI is InChI=1S/C22H24N4O3/c1-25(2)10-11-26-13-24-22-20(21(26)23)19(15-6-4-5-7-17(15)28-3)16-9-8-14(27)12-18(16)29-22/h4-9,12-13,19,23,27H,10-11H2,1-3H3/p+2/t19-/m0/s1. The molecule has 3 aromatic rings. The third-order valence-corrected chi connectivity index (χ3v) is 5.24. The molecule has 1 aliphatic heterocycles. The number of hydrogen-bond donors (Lipinski definition) is 3. The van der Waals surface area contributed by atoms with E-state index >= 15 is 0 Å². The Bertz CT molecular complexity index is 1050. The number of quaternary nitrogens is 1. The first-order valence-electron chi connectivity index (χ1n) is 9.60. The van der Waals surface area contributed by atoms with Gasteiger partial charge in [-0.2, -0.15) is 0 Å². The van der Waals surface area contributed by atoms with Gasteiger partial charge in [0.1, 0.15) is 35.9 Å². The number of benzene rings is 2. The van der Waals surface area contributed by atoms with Crippen LogP contribution >= 0.6 is 0 Å². The van der Waals surface area contributed by atoms with Crippen molar-refractivity contribution < 1.29 is 24.0 Å². The molecule has 4 rings (SSSR count). The summed E-state index contributed by atoms with van der Waals surface area (Å²) in [7, 11) is 5.86. The van der Waals surface area contributed by atoms with Crippen LogP contribution in [-0.2, 0) is 6.54 Å². The molecular weight excluding hydrogens is 368 g/mol. The summed E-state index contributed by atoms with van der Waals surface area (Å²) in [5.74, 6) is 2.31. The highest BCUT2D eigenvalue weighted by Gasteiger charge is 2.37. The van der Waals surface area contributed by atoms with E-state index in [1.54, 1.807) is 25.6 Å². The fraction of sp³-hybridized carbons (Fsp3) is 0.273. The van der Waals surface area contributed by atoms with E-state index in [4.69, 9.17) is 15.2 Å². The molecule has 7 nitrogen and oxygen atoms in total. The van der Waals surface area contributed by atoms with Gasteiger partial charge in [-0.3, -0.25) is 0 Å². The summed E-state index contributed by atoms with van der Waals surface area (Å²) in [6, 6.07) is 13.0. The molecule has 0 bridgehead atoms. The lowest BCUT2D eigenvalue weighted by Crippen LogP contribution is -3.06. The van der Waals surface area contributed by atoms with E-state index in [0.717, 1.165) is 35.5 Å². The van der Waals surface area contributed by atoms with Gasteiger partial charge >= 0.3 is 5.88 Å². The third kappa shape index (κ3) is 3.45. The quantitative estimate of drug-likeness (QED) is 0.441. The molecular formula is C22H26N4O3+2. The number of likely N-dealkylation sites (N-methyl/N-ethyl adjacent to an activating group) is 1. The summed E-state index contributed by atoms with van der Waals surface area (Å²) in [5, 5.41) is 9.96. The van der Waals surface area contributed by atoms with Gasteiger partial charge in [-0.1, -0.05) is 29.2 Å². The van der Waals surface area contributed by atoms with Crippen LogP contribution in [-0.4, -0.2) is 37.8 Å². The molecule has 29 heavy (non-hydrogen) atoms. The number of rotatable bonds is 5. The van der Waals surface area contributed by atoms with Crippen molar-refractivity contribution >= 4 is 5.82 Å². The molecule has 1 aromatic heterocycles. The summed E-state index contributed by atoms with van der Waals surface area (Å²) in [4.78, 5) is 5.87. The number of ether oxygens (including phenoxy) is 2. The minimum atomic E-state index is -0.225. The molecule has 150 valence electrons. The minimum absolute atomic E-state index is 0.138. The normalized spacial score (nSPS) is 14.8. The number of aromatic nitrogens is 2. The number of nitrogens with zero attached hydrogens (tertiary/aromatic N) is 2. The number of phenols is 1. The van der Waals surface area contributed by atoms with Crippen LogP contribution in [0.2, 0.25) is 0 Å². The highest BCUT2D eigenvalue weighted by atomic mass is 16.5. The molecule has 0 amide bonds. The predicted molar refractivity (Wildman–Crippen MR) is 109 cm³/mol. The van der Waals surface area contributed by atoms with Crippen molar-refractivity contribution in [3.8, 4) is 23.1 Å². The molecule has 0 spiro atoms. The molecule has 1 aliphatic rings. The first-order chi connectivity index (χ1) is 14.0. The average Bonchev–Trinajstić information content (AvgIpc) is 2.71. The number of anilines is 1. The fourth-order valence-corrected chi connectivity index (χ4v) is 3.73. The van der Waals surface area contributed by atoms with Crippen molar-refractivity contribution in [2.75, 3.05) is 33.5 Å². The fourth-order valence-electron chi connectivity index (χ4n) is 3.73. The number of hydrogen-bond acceptors (Lipinski definition) is 5. The van der Waals surface area contributed by atoms with Gasteiger partial charge in [-0.25, -0.2) is 4.57 Å². The summed E-state index contributed by atoms with van der Waals surface area (Å²) in [6.07, 6.45) is 1.71. The Morgan fingerprint density at radius 1 is 1.21 bits per heavy atom. The number of nitrogens with two attached hydrogens (primary N) is 1. The largest absolute Gasteiger partial charge is 0.508 e. The lowest BCUT2D eigenvalue weighted by atomic mass is 9.83. The number of nitrogen functional groups attached to an aromatic ring is 1. The summed E-state index contributed by atoms with van der Waals surface area (Å²) in [5.41, 5.74) is 9.32. The molecule has 1 atom stereocenters. The maximum atomic E-state index is 9.96. The predicted octanol–water partition coefficient (Wildman–Crippen LogP) is 1.10. The van der Waals surface area contributed by atoms with Crippen LogP contribution in [0.5, 0.6) is 23.1 Å². The minimum Gasteiger partial charge on any atom is -0.508 e. The Kier molecular flexibility index (Phi) is 4.98. The number of methoxy groups -OCH3 is 1. The Morgan fingerprint density at radius 2 is 2.00 bits per heavy atom. The zero-order valence-corrected chi connectivity index (χ0v) is 16.8. The van der Waals surface area contributed by atoms with E-state index in [2.05, 4.69) is 19.1 Å². The van der Waals surface area contributed by atoms with Gasteiger partial charge in [0.05, 0.1) is 27.1 Å². The SMILES string of the molecule is COc1ccccc1[C@H]1c2ccc(O)cc2Oc2nc[n+](CC[NH+](C)C)c(N)c21. The van der Waals surface area contributed by atoms with Gasteiger partial charge < -0.3 is 25.2 Å². The van der Waals surface area contributed by atoms with Gasteiger partial charge in [0.2, 0.25) is 12.1 Å². The molecule has 0 radical (unpaired) electrons. The highest BCUT2D eigenvalue weighted by Crippen LogP contribution is 2.50. The van der Waals surface area contributed by atoms with Gasteiger partial charge in [0.15, 0.2) is 0 Å². The zero-order valence-electron chi connectivity index (χ0n) is 16.8. The number of aromatic hydroxyl groups is 1. The van der Waals surface area contributed by atoms with E-state index in [1.165, 1.54) is 4.90 Å². The van der Waals surface area contributed by atoms with Crippen molar-refractivity contribution in [3.63, 3.8) is 0 Å². The van der Waals surface area contributed by atoms with E-state index in [-0.39, 0.29) is 11.7 Å². The van der Waals surface area contributed by atoms with Crippen molar-refractivity contribution in [2.45, 2.75) is 12.5 Å². The smallest absolute Gasteiger partial charge is 0.306 e. The topological polar surface area (TPSA) is 85.9 Å². The van der Waals surface area contributed by atoms with Crippen LogP contribution in [0.3, 0.4) is 0 Å². The lowest BCUT2D eigenvalue weighted by Gasteiger charge is -2.28. The Morgan fingerprint density at radius 3 is 2.76 bits per heavy atom. The Hall–Kier alpha value is -3.32. The van der Waals surface area contributed by atoms with Crippen molar-refractivity contribution in [1.82, 2.24) is 4.98 Å². The summed E-state index contributed by atoms with van der Waals surface area (Å²) < 4.78 is 13.6. The maximum Gasteiger partial charge on any atom is 0.306 e. The monoisotopic (exact) mass is 394 g/mol. The van der Waals surface area contributed by atoms with Crippen LogP contribution in [0.15, 0.2) is 48.8 Å². The van der Waals surface area contributed by atoms with E-state index in [9.17, 15) is 5.11 Å². The van der Waals surface area contributed by atoms with Crippen LogP contribution < -0.4 is 24.7 Å². The van der Waals surface area contributed by atoms with E-state index in [1.807, 2.05) is 34.9 Å². The molecule has 0 fully saturated rings. The second-order valence-electron chi connectivity index (χ2n) is 7.50. The number of para-hydroxylation sites is 1. The zero-order chi connectivity index (χ0) is 20.5. The summed E-state index contributed by atoms with van der Waals surface area (Å²) in [6.45, 7) is 1.66.